The average molecular weight is 267 g/mol. The summed E-state index contributed by atoms with van der Waals surface area (Å²) in [5.74, 6) is -0.534. The number of hydrogen-bond acceptors (Lipinski definition) is 4. The molecule has 0 saturated carbocycles. The van der Waals surface area contributed by atoms with Crippen molar-refractivity contribution in [3.63, 3.8) is 0 Å². The third-order valence-corrected chi connectivity index (χ3v) is 2.78. The summed E-state index contributed by atoms with van der Waals surface area (Å²) in [6.45, 7) is 6.41. The van der Waals surface area contributed by atoms with Gasteiger partial charge in [0.05, 0.1) is 12.8 Å². The van der Waals surface area contributed by atoms with Gasteiger partial charge in [-0.3, -0.25) is 14.3 Å². The van der Waals surface area contributed by atoms with Gasteiger partial charge in [0, 0.05) is 12.2 Å². The van der Waals surface area contributed by atoms with E-state index < -0.39 is 5.97 Å². The summed E-state index contributed by atoms with van der Waals surface area (Å²) in [5, 5.41) is 4.25. The lowest BCUT2D eigenvalue weighted by atomic mass is 10.3. The van der Waals surface area contributed by atoms with E-state index in [1.807, 2.05) is 26.8 Å². The molecule has 19 heavy (non-hydrogen) atoms. The fraction of sp³-hybridized carbons (Fsp3) is 0.615. The molecule has 0 aliphatic rings. The highest BCUT2D eigenvalue weighted by molar-refractivity contribution is 5.81. The lowest BCUT2D eigenvalue weighted by Crippen LogP contribution is -2.39. The van der Waals surface area contributed by atoms with Gasteiger partial charge >= 0.3 is 5.97 Å². The maximum absolute atomic E-state index is 12.2. The molecule has 0 saturated heterocycles. The van der Waals surface area contributed by atoms with Crippen molar-refractivity contribution >= 4 is 11.9 Å². The number of ether oxygens (including phenoxy) is 1. The molecule has 0 fully saturated rings. The lowest BCUT2D eigenvalue weighted by molar-refractivity contribution is -0.147. The van der Waals surface area contributed by atoms with E-state index in [9.17, 15) is 9.59 Å². The van der Waals surface area contributed by atoms with Crippen LogP contribution in [0.2, 0.25) is 0 Å². The third kappa shape index (κ3) is 4.39. The number of methoxy groups -OCH3 is 1. The fourth-order valence-corrected chi connectivity index (χ4v) is 1.85. The van der Waals surface area contributed by atoms with Crippen molar-refractivity contribution in [1.29, 1.82) is 0 Å². The summed E-state index contributed by atoms with van der Waals surface area (Å²) < 4.78 is 6.25. The highest BCUT2D eigenvalue weighted by Gasteiger charge is 2.18. The Balaban J connectivity index is 2.71. The first-order chi connectivity index (χ1) is 8.97. The van der Waals surface area contributed by atoms with Crippen LogP contribution in [0.4, 0.5) is 0 Å². The maximum Gasteiger partial charge on any atom is 0.325 e. The Morgan fingerprint density at radius 2 is 2.11 bits per heavy atom. The largest absolute Gasteiger partial charge is 0.468 e. The van der Waals surface area contributed by atoms with Crippen LogP contribution in [0.15, 0.2) is 6.07 Å². The SMILES string of the molecule is CCCN(CC(=O)OC)C(=O)Cn1nc(C)cc1C. The summed E-state index contributed by atoms with van der Waals surface area (Å²) in [4.78, 5) is 25.0. The van der Waals surface area contributed by atoms with E-state index >= 15 is 0 Å². The molecular weight excluding hydrogens is 246 g/mol. The summed E-state index contributed by atoms with van der Waals surface area (Å²) in [5.41, 5.74) is 1.81. The Hall–Kier alpha value is -1.85. The van der Waals surface area contributed by atoms with Gasteiger partial charge in [0.2, 0.25) is 5.91 Å². The Bertz CT molecular complexity index is 454. The third-order valence-electron chi connectivity index (χ3n) is 2.78. The number of hydrogen-bond donors (Lipinski definition) is 0. The molecule has 0 aliphatic heterocycles. The Labute approximate surface area is 113 Å². The maximum atomic E-state index is 12.2. The predicted octanol–water partition coefficient (Wildman–Crippen LogP) is 0.912. The Kier molecular flexibility index (Phi) is 5.54. The van der Waals surface area contributed by atoms with Crippen molar-refractivity contribution in [3.05, 3.63) is 17.5 Å². The van der Waals surface area contributed by atoms with Crippen molar-refractivity contribution in [2.45, 2.75) is 33.7 Å². The van der Waals surface area contributed by atoms with Gasteiger partial charge in [-0.1, -0.05) is 6.92 Å². The van der Waals surface area contributed by atoms with Crippen molar-refractivity contribution in [2.75, 3.05) is 20.2 Å². The van der Waals surface area contributed by atoms with E-state index in [1.165, 1.54) is 12.0 Å². The first-order valence-electron chi connectivity index (χ1n) is 6.33. The highest BCUT2D eigenvalue weighted by atomic mass is 16.5. The zero-order valence-electron chi connectivity index (χ0n) is 12.0. The van der Waals surface area contributed by atoms with Gasteiger partial charge < -0.3 is 9.64 Å². The smallest absolute Gasteiger partial charge is 0.325 e. The number of carbonyl (C=O) groups is 2. The molecule has 0 unspecified atom stereocenters. The second-order valence-electron chi connectivity index (χ2n) is 4.48. The summed E-state index contributed by atoms with van der Waals surface area (Å²) in [6.07, 6.45) is 0.792. The number of aromatic nitrogens is 2. The minimum Gasteiger partial charge on any atom is -0.468 e. The molecule has 0 radical (unpaired) electrons. The van der Waals surface area contributed by atoms with Gasteiger partial charge in [0.1, 0.15) is 13.1 Å². The van der Waals surface area contributed by atoms with Gasteiger partial charge in [-0.25, -0.2) is 0 Å². The number of esters is 1. The van der Waals surface area contributed by atoms with Crippen LogP contribution in [0.5, 0.6) is 0 Å². The first kappa shape index (κ1) is 15.2. The van der Waals surface area contributed by atoms with Crippen LogP contribution < -0.4 is 0 Å². The molecule has 106 valence electrons. The molecule has 0 bridgehead atoms. The Morgan fingerprint density at radius 1 is 1.42 bits per heavy atom. The zero-order chi connectivity index (χ0) is 14.4. The molecular formula is C13H21N3O3. The van der Waals surface area contributed by atoms with Crippen LogP contribution in [-0.4, -0.2) is 46.8 Å². The van der Waals surface area contributed by atoms with Crippen LogP contribution in [0.3, 0.4) is 0 Å². The number of amides is 1. The minimum atomic E-state index is -0.407. The van der Waals surface area contributed by atoms with E-state index in [2.05, 4.69) is 9.84 Å². The topological polar surface area (TPSA) is 64.4 Å². The summed E-state index contributed by atoms with van der Waals surface area (Å²) in [6, 6.07) is 1.91. The van der Waals surface area contributed by atoms with Gasteiger partial charge in [0.15, 0.2) is 0 Å². The molecule has 1 amide bonds. The van der Waals surface area contributed by atoms with Gasteiger partial charge in [-0.2, -0.15) is 5.10 Å². The van der Waals surface area contributed by atoms with E-state index in [0.29, 0.717) is 6.54 Å². The quantitative estimate of drug-likeness (QED) is 0.719. The molecule has 1 aromatic heterocycles. The second kappa shape index (κ2) is 6.92. The molecule has 0 aliphatic carbocycles. The van der Waals surface area contributed by atoms with Crippen molar-refractivity contribution < 1.29 is 14.3 Å². The zero-order valence-corrected chi connectivity index (χ0v) is 12.0. The normalized spacial score (nSPS) is 10.3. The molecule has 0 atom stereocenters. The van der Waals surface area contributed by atoms with Crippen molar-refractivity contribution in [1.82, 2.24) is 14.7 Å². The molecule has 0 spiro atoms. The Morgan fingerprint density at radius 3 is 2.58 bits per heavy atom. The van der Waals surface area contributed by atoms with Crippen LogP contribution in [0.25, 0.3) is 0 Å². The number of carbonyl (C=O) groups excluding carboxylic acids is 2. The monoisotopic (exact) mass is 267 g/mol. The van der Waals surface area contributed by atoms with Crippen LogP contribution in [0.1, 0.15) is 24.7 Å². The van der Waals surface area contributed by atoms with Crippen LogP contribution in [-0.2, 0) is 20.9 Å². The van der Waals surface area contributed by atoms with Gasteiger partial charge in [0.25, 0.3) is 0 Å². The first-order valence-corrected chi connectivity index (χ1v) is 6.33. The van der Waals surface area contributed by atoms with Crippen LogP contribution in [0, 0.1) is 13.8 Å². The molecule has 6 nitrogen and oxygen atoms in total. The number of rotatable bonds is 6. The lowest BCUT2D eigenvalue weighted by Gasteiger charge is -2.21. The predicted molar refractivity (Wildman–Crippen MR) is 70.6 cm³/mol. The minimum absolute atomic E-state index is 0.0114. The number of aryl methyl sites for hydroxylation is 2. The average Bonchev–Trinajstić information content (AvgIpc) is 2.67. The van der Waals surface area contributed by atoms with Gasteiger partial charge in [-0.15, -0.1) is 0 Å². The standard InChI is InChI=1S/C13H21N3O3/c1-5-6-15(9-13(18)19-4)12(17)8-16-11(3)7-10(2)14-16/h7H,5-6,8-9H2,1-4H3. The van der Waals surface area contributed by atoms with E-state index in [4.69, 9.17) is 0 Å². The van der Waals surface area contributed by atoms with Crippen molar-refractivity contribution in [2.24, 2.45) is 0 Å². The van der Waals surface area contributed by atoms with E-state index in [-0.39, 0.29) is 19.0 Å². The van der Waals surface area contributed by atoms with E-state index in [1.54, 1.807) is 4.68 Å². The molecule has 0 N–H and O–H groups in total. The van der Waals surface area contributed by atoms with Crippen LogP contribution >= 0.6 is 0 Å². The molecule has 1 rings (SSSR count). The molecule has 1 heterocycles. The highest BCUT2D eigenvalue weighted by Crippen LogP contribution is 2.03. The fourth-order valence-electron chi connectivity index (χ4n) is 1.85. The summed E-state index contributed by atoms with van der Waals surface area (Å²) >= 11 is 0. The molecule has 0 aromatic carbocycles. The number of nitrogens with zero attached hydrogens (tertiary/aromatic N) is 3. The summed E-state index contributed by atoms with van der Waals surface area (Å²) in [7, 11) is 1.32. The second-order valence-corrected chi connectivity index (χ2v) is 4.48. The van der Waals surface area contributed by atoms with Gasteiger partial charge in [-0.05, 0) is 26.3 Å². The van der Waals surface area contributed by atoms with Crippen molar-refractivity contribution in [3.8, 4) is 0 Å². The molecule has 6 heteroatoms. The molecule has 1 aromatic rings. The van der Waals surface area contributed by atoms with E-state index in [0.717, 1.165) is 17.8 Å².